The molecule has 86 valence electrons. The molecule has 0 aliphatic rings. The summed E-state index contributed by atoms with van der Waals surface area (Å²) in [6, 6.07) is 8.32. The number of nitro groups is 1. The molecule has 0 saturated carbocycles. The minimum atomic E-state index is -0.451. The summed E-state index contributed by atoms with van der Waals surface area (Å²) in [5.74, 6) is 0.463. The Balaban J connectivity index is 2.04. The van der Waals surface area contributed by atoms with E-state index in [-0.39, 0.29) is 5.69 Å². The monoisotopic (exact) mass is 230 g/mol. The molecule has 2 aromatic rings. The standard InChI is InChI=1S/C11H10N4O2/c16-15(17)10-4-6-13-11(7-10)14-8-9-3-1-2-5-12-9/h1-7H,8H2,(H,13,14). The summed E-state index contributed by atoms with van der Waals surface area (Å²) in [4.78, 5) is 18.2. The zero-order chi connectivity index (χ0) is 12.1. The zero-order valence-corrected chi connectivity index (χ0v) is 8.91. The molecule has 2 aromatic heterocycles. The van der Waals surface area contributed by atoms with Crippen LogP contribution in [-0.4, -0.2) is 14.9 Å². The first-order chi connectivity index (χ1) is 8.25. The average Bonchev–Trinajstić information content (AvgIpc) is 2.38. The number of aromatic nitrogens is 2. The number of hydrogen-bond donors (Lipinski definition) is 1. The van der Waals surface area contributed by atoms with Crippen LogP contribution < -0.4 is 5.32 Å². The summed E-state index contributed by atoms with van der Waals surface area (Å²) in [5, 5.41) is 13.5. The molecular formula is C11H10N4O2. The molecule has 0 spiro atoms. The van der Waals surface area contributed by atoms with Gasteiger partial charge in [0, 0.05) is 18.5 Å². The maximum atomic E-state index is 10.6. The molecule has 6 heteroatoms. The van der Waals surface area contributed by atoms with Gasteiger partial charge in [0.1, 0.15) is 5.82 Å². The van der Waals surface area contributed by atoms with Gasteiger partial charge in [-0.2, -0.15) is 0 Å². The maximum absolute atomic E-state index is 10.6. The molecule has 0 unspecified atom stereocenters. The smallest absolute Gasteiger partial charge is 0.274 e. The van der Waals surface area contributed by atoms with Crippen LogP contribution in [0, 0.1) is 10.1 Å². The van der Waals surface area contributed by atoms with Gasteiger partial charge >= 0.3 is 0 Å². The lowest BCUT2D eigenvalue weighted by Gasteiger charge is -2.04. The third-order valence-corrected chi connectivity index (χ3v) is 2.13. The summed E-state index contributed by atoms with van der Waals surface area (Å²) in [6.07, 6.45) is 3.09. The van der Waals surface area contributed by atoms with E-state index in [1.165, 1.54) is 18.3 Å². The van der Waals surface area contributed by atoms with Gasteiger partial charge < -0.3 is 5.32 Å². The predicted octanol–water partition coefficient (Wildman–Crippen LogP) is 2.00. The van der Waals surface area contributed by atoms with Crippen molar-refractivity contribution in [3.8, 4) is 0 Å². The van der Waals surface area contributed by atoms with Crippen molar-refractivity contribution in [2.45, 2.75) is 6.54 Å². The number of nitrogens with zero attached hydrogens (tertiary/aromatic N) is 3. The van der Waals surface area contributed by atoms with Crippen molar-refractivity contribution in [3.63, 3.8) is 0 Å². The fourth-order valence-corrected chi connectivity index (χ4v) is 1.31. The summed E-state index contributed by atoms with van der Waals surface area (Å²) in [5.41, 5.74) is 0.865. The SMILES string of the molecule is O=[N+]([O-])c1ccnc(NCc2ccccn2)c1. The Labute approximate surface area is 97.5 Å². The largest absolute Gasteiger partial charge is 0.364 e. The van der Waals surface area contributed by atoms with E-state index < -0.39 is 4.92 Å². The Hall–Kier alpha value is -2.50. The molecule has 0 saturated heterocycles. The van der Waals surface area contributed by atoms with Gasteiger partial charge in [0.05, 0.1) is 23.2 Å². The lowest BCUT2D eigenvalue weighted by atomic mass is 10.3. The minimum Gasteiger partial charge on any atom is -0.364 e. The van der Waals surface area contributed by atoms with Crippen molar-refractivity contribution in [1.82, 2.24) is 9.97 Å². The Bertz CT molecular complexity index is 516. The van der Waals surface area contributed by atoms with Crippen LogP contribution in [0.1, 0.15) is 5.69 Å². The number of rotatable bonds is 4. The lowest BCUT2D eigenvalue weighted by Crippen LogP contribution is -2.03. The van der Waals surface area contributed by atoms with Crippen molar-refractivity contribution in [1.29, 1.82) is 0 Å². The molecule has 0 fully saturated rings. The fraction of sp³-hybridized carbons (Fsp3) is 0.0909. The van der Waals surface area contributed by atoms with Crippen molar-refractivity contribution >= 4 is 11.5 Å². The molecule has 2 heterocycles. The minimum absolute atomic E-state index is 0.0171. The van der Waals surface area contributed by atoms with Crippen LogP contribution in [0.2, 0.25) is 0 Å². The number of hydrogen-bond acceptors (Lipinski definition) is 5. The highest BCUT2D eigenvalue weighted by Crippen LogP contribution is 2.14. The Morgan fingerprint density at radius 1 is 1.24 bits per heavy atom. The van der Waals surface area contributed by atoms with Crippen LogP contribution in [0.15, 0.2) is 42.7 Å². The van der Waals surface area contributed by atoms with Crippen molar-refractivity contribution in [2.75, 3.05) is 5.32 Å². The normalized spacial score (nSPS) is 9.88. The Morgan fingerprint density at radius 2 is 2.12 bits per heavy atom. The summed E-state index contributed by atoms with van der Waals surface area (Å²) in [6.45, 7) is 0.481. The topological polar surface area (TPSA) is 81.0 Å². The predicted molar refractivity (Wildman–Crippen MR) is 62.5 cm³/mol. The molecular weight excluding hydrogens is 220 g/mol. The molecule has 0 atom stereocenters. The quantitative estimate of drug-likeness (QED) is 0.641. The number of nitrogens with one attached hydrogen (secondary N) is 1. The van der Waals surface area contributed by atoms with E-state index in [0.717, 1.165) is 5.69 Å². The van der Waals surface area contributed by atoms with Gasteiger partial charge in [0.15, 0.2) is 0 Å². The van der Waals surface area contributed by atoms with Gasteiger partial charge in [-0.05, 0) is 12.1 Å². The van der Waals surface area contributed by atoms with E-state index in [0.29, 0.717) is 12.4 Å². The average molecular weight is 230 g/mol. The molecule has 0 bridgehead atoms. The highest BCUT2D eigenvalue weighted by Gasteiger charge is 2.06. The first kappa shape index (κ1) is 11.0. The number of pyridine rings is 2. The molecule has 0 aliphatic carbocycles. The molecule has 17 heavy (non-hydrogen) atoms. The highest BCUT2D eigenvalue weighted by atomic mass is 16.6. The third kappa shape index (κ3) is 2.97. The Morgan fingerprint density at radius 3 is 2.82 bits per heavy atom. The zero-order valence-electron chi connectivity index (χ0n) is 8.91. The van der Waals surface area contributed by atoms with Crippen LogP contribution in [0.5, 0.6) is 0 Å². The second-order valence-electron chi connectivity index (χ2n) is 3.33. The summed E-state index contributed by atoms with van der Waals surface area (Å²) < 4.78 is 0. The van der Waals surface area contributed by atoms with Crippen LogP contribution in [-0.2, 0) is 6.54 Å². The van der Waals surface area contributed by atoms with Gasteiger partial charge in [0.25, 0.3) is 5.69 Å². The number of anilines is 1. The second-order valence-corrected chi connectivity index (χ2v) is 3.33. The Kier molecular flexibility index (Phi) is 3.25. The lowest BCUT2D eigenvalue weighted by molar-refractivity contribution is -0.384. The molecule has 0 aliphatic heterocycles. The van der Waals surface area contributed by atoms with Gasteiger partial charge in [-0.15, -0.1) is 0 Å². The van der Waals surface area contributed by atoms with E-state index in [9.17, 15) is 10.1 Å². The molecule has 0 aromatic carbocycles. The van der Waals surface area contributed by atoms with E-state index in [2.05, 4.69) is 15.3 Å². The van der Waals surface area contributed by atoms with Gasteiger partial charge in [0.2, 0.25) is 0 Å². The van der Waals surface area contributed by atoms with Crippen molar-refractivity contribution in [3.05, 3.63) is 58.5 Å². The first-order valence-corrected chi connectivity index (χ1v) is 5.00. The van der Waals surface area contributed by atoms with Gasteiger partial charge in [-0.25, -0.2) is 4.98 Å². The molecule has 0 amide bonds. The van der Waals surface area contributed by atoms with Crippen molar-refractivity contribution in [2.24, 2.45) is 0 Å². The summed E-state index contributed by atoms with van der Waals surface area (Å²) >= 11 is 0. The summed E-state index contributed by atoms with van der Waals surface area (Å²) in [7, 11) is 0. The van der Waals surface area contributed by atoms with Gasteiger partial charge in [-0.1, -0.05) is 6.07 Å². The van der Waals surface area contributed by atoms with Crippen LogP contribution in [0.25, 0.3) is 0 Å². The van der Waals surface area contributed by atoms with Crippen LogP contribution in [0.3, 0.4) is 0 Å². The van der Waals surface area contributed by atoms with Crippen LogP contribution in [0.4, 0.5) is 11.5 Å². The molecule has 2 rings (SSSR count). The van der Waals surface area contributed by atoms with Gasteiger partial charge in [-0.3, -0.25) is 15.1 Å². The second kappa shape index (κ2) is 5.02. The highest BCUT2D eigenvalue weighted by molar-refractivity contribution is 5.44. The molecule has 6 nitrogen and oxygen atoms in total. The fourth-order valence-electron chi connectivity index (χ4n) is 1.31. The molecule has 0 radical (unpaired) electrons. The van der Waals surface area contributed by atoms with Crippen LogP contribution >= 0.6 is 0 Å². The van der Waals surface area contributed by atoms with E-state index >= 15 is 0 Å². The van der Waals surface area contributed by atoms with E-state index in [1.807, 2.05) is 18.2 Å². The third-order valence-electron chi connectivity index (χ3n) is 2.13. The van der Waals surface area contributed by atoms with E-state index in [1.54, 1.807) is 6.20 Å². The molecule has 1 N–H and O–H groups in total. The first-order valence-electron chi connectivity index (χ1n) is 5.00. The maximum Gasteiger partial charge on any atom is 0.274 e. The van der Waals surface area contributed by atoms with Crippen molar-refractivity contribution < 1.29 is 4.92 Å². The van der Waals surface area contributed by atoms with E-state index in [4.69, 9.17) is 0 Å².